The summed E-state index contributed by atoms with van der Waals surface area (Å²) in [6, 6.07) is 9.67. The second-order valence-electron chi connectivity index (χ2n) is 7.12. The fourth-order valence-corrected chi connectivity index (χ4v) is 3.56. The first-order chi connectivity index (χ1) is 13.8. The predicted molar refractivity (Wildman–Crippen MR) is 103 cm³/mol. The summed E-state index contributed by atoms with van der Waals surface area (Å²) in [7, 11) is 0. The number of hydrogen-bond acceptors (Lipinski definition) is 6. The van der Waals surface area contributed by atoms with Gasteiger partial charge in [-0.3, -0.25) is 14.8 Å². The Labute approximate surface area is 163 Å². The Morgan fingerprint density at radius 1 is 1.18 bits per heavy atom. The van der Waals surface area contributed by atoms with E-state index < -0.39 is 0 Å². The molecule has 0 N–H and O–H groups in total. The van der Waals surface area contributed by atoms with Crippen LogP contribution < -0.4 is 0 Å². The largest absolute Gasteiger partial charge is 0.342 e. The normalized spacial score (nSPS) is 16.4. The maximum atomic E-state index is 12.5. The molecule has 1 saturated heterocycles. The van der Waals surface area contributed by atoms with Crippen molar-refractivity contribution in [2.45, 2.75) is 32.1 Å². The van der Waals surface area contributed by atoms with Gasteiger partial charge in [0.1, 0.15) is 0 Å². The Kier molecular flexibility index (Phi) is 5.70. The quantitative estimate of drug-likeness (QED) is 0.629. The Bertz CT molecular complexity index is 897. The van der Waals surface area contributed by atoms with E-state index in [2.05, 4.69) is 26.2 Å². The molecule has 0 aliphatic carbocycles. The minimum atomic E-state index is 0.206. The van der Waals surface area contributed by atoms with Crippen molar-refractivity contribution < 1.29 is 9.32 Å². The molecule has 0 aromatic carbocycles. The molecule has 1 unspecified atom stereocenters. The molecular weight excluding hydrogens is 354 g/mol. The summed E-state index contributed by atoms with van der Waals surface area (Å²) in [6.07, 6.45) is 9.01. The number of nitrogens with zero attached hydrogens (tertiary/aromatic N) is 5. The van der Waals surface area contributed by atoms with Gasteiger partial charge in [-0.2, -0.15) is 4.98 Å². The lowest BCUT2D eigenvalue weighted by Crippen LogP contribution is -2.28. The van der Waals surface area contributed by atoms with Crippen LogP contribution in [0, 0.1) is 5.92 Å². The Balaban J connectivity index is 1.21. The number of rotatable bonds is 7. The van der Waals surface area contributed by atoms with Gasteiger partial charge in [-0.15, -0.1) is 0 Å². The number of aromatic nitrogens is 4. The highest BCUT2D eigenvalue weighted by Crippen LogP contribution is 2.21. The Hall–Kier alpha value is -3.09. The van der Waals surface area contributed by atoms with Crippen LogP contribution in [0.2, 0.25) is 0 Å². The first-order valence-corrected chi connectivity index (χ1v) is 9.68. The van der Waals surface area contributed by atoms with Gasteiger partial charge in [-0.05, 0) is 49.4 Å². The summed E-state index contributed by atoms with van der Waals surface area (Å²) < 4.78 is 5.30. The SMILES string of the molecule is O=C(CCCc1nc(-c2ccncc2)no1)N1CCC(Cc2ccccn2)C1. The predicted octanol–water partition coefficient (Wildman–Crippen LogP) is 2.94. The Morgan fingerprint density at radius 2 is 2.07 bits per heavy atom. The van der Waals surface area contributed by atoms with Gasteiger partial charge in [0, 0.05) is 55.8 Å². The zero-order chi connectivity index (χ0) is 19.2. The van der Waals surface area contributed by atoms with Crippen molar-refractivity contribution in [1.82, 2.24) is 25.0 Å². The van der Waals surface area contributed by atoms with Crippen molar-refractivity contribution in [2.24, 2.45) is 5.92 Å². The van der Waals surface area contributed by atoms with Crippen LogP contribution in [0.4, 0.5) is 0 Å². The van der Waals surface area contributed by atoms with Gasteiger partial charge in [0.05, 0.1) is 0 Å². The topological polar surface area (TPSA) is 85.0 Å². The number of pyridine rings is 2. The minimum absolute atomic E-state index is 0.206. The van der Waals surface area contributed by atoms with E-state index in [0.29, 0.717) is 36.9 Å². The maximum absolute atomic E-state index is 12.5. The Morgan fingerprint density at radius 3 is 2.89 bits per heavy atom. The lowest BCUT2D eigenvalue weighted by molar-refractivity contribution is -0.130. The maximum Gasteiger partial charge on any atom is 0.226 e. The summed E-state index contributed by atoms with van der Waals surface area (Å²) >= 11 is 0. The number of amides is 1. The summed E-state index contributed by atoms with van der Waals surface area (Å²) in [6.45, 7) is 1.66. The zero-order valence-electron chi connectivity index (χ0n) is 15.7. The van der Waals surface area contributed by atoms with Crippen LogP contribution in [0.15, 0.2) is 53.4 Å². The van der Waals surface area contributed by atoms with E-state index in [1.165, 1.54) is 0 Å². The number of aryl methyl sites for hydroxylation is 1. The molecule has 4 heterocycles. The first kappa shape index (κ1) is 18.3. The molecule has 0 saturated carbocycles. The first-order valence-electron chi connectivity index (χ1n) is 9.68. The second-order valence-corrected chi connectivity index (χ2v) is 7.12. The van der Waals surface area contributed by atoms with Crippen LogP contribution in [0.1, 0.15) is 30.8 Å². The van der Waals surface area contributed by atoms with Gasteiger partial charge in [0.25, 0.3) is 0 Å². The molecule has 144 valence electrons. The molecule has 1 aliphatic rings. The molecule has 0 spiro atoms. The number of carbonyl (C=O) groups excluding carboxylic acids is 1. The van der Waals surface area contributed by atoms with Crippen LogP contribution in [-0.4, -0.2) is 44.0 Å². The highest BCUT2D eigenvalue weighted by Gasteiger charge is 2.26. The van der Waals surface area contributed by atoms with Gasteiger partial charge in [-0.25, -0.2) is 0 Å². The molecule has 1 fully saturated rings. The molecule has 1 aliphatic heterocycles. The molecule has 1 amide bonds. The average molecular weight is 377 g/mol. The summed E-state index contributed by atoms with van der Waals surface area (Å²) in [4.78, 5) is 27.2. The smallest absolute Gasteiger partial charge is 0.226 e. The van der Waals surface area contributed by atoms with Crippen molar-refractivity contribution >= 4 is 5.91 Å². The molecular formula is C21H23N5O2. The van der Waals surface area contributed by atoms with Crippen molar-refractivity contribution in [3.05, 3.63) is 60.5 Å². The van der Waals surface area contributed by atoms with E-state index in [1.807, 2.05) is 35.4 Å². The molecule has 0 bridgehead atoms. The third-order valence-corrected chi connectivity index (χ3v) is 5.05. The molecule has 0 radical (unpaired) electrons. The molecule has 28 heavy (non-hydrogen) atoms. The van der Waals surface area contributed by atoms with Crippen LogP contribution in [0.3, 0.4) is 0 Å². The van der Waals surface area contributed by atoms with Crippen molar-refractivity contribution in [3.63, 3.8) is 0 Å². The summed E-state index contributed by atoms with van der Waals surface area (Å²) in [5.41, 5.74) is 1.97. The fourth-order valence-electron chi connectivity index (χ4n) is 3.56. The third-order valence-electron chi connectivity index (χ3n) is 5.05. The van der Waals surface area contributed by atoms with Crippen LogP contribution in [-0.2, 0) is 17.6 Å². The van der Waals surface area contributed by atoms with Gasteiger partial charge in [0.2, 0.25) is 17.6 Å². The van der Waals surface area contributed by atoms with Gasteiger partial charge >= 0.3 is 0 Å². The van der Waals surface area contributed by atoms with E-state index in [4.69, 9.17) is 4.52 Å². The molecule has 7 heteroatoms. The van der Waals surface area contributed by atoms with Crippen molar-refractivity contribution in [3.8, 4) is 11.4 Å². The molecule has 7 nitrogen and oxygen atoms in total. The van der Waals surface area contributed by atoms with Gasteiger partial charge < -0.3 is 9.42 Å². The highest BCUT2D eigenvalue weighted by atomic mass is 16.5. The van der Waals surface area contributed by atoms with Crippen LogP contribution in [0.25, 0.3) is 11.4 Å². The standard InChI is InChI=1S/C21H23N5O2/c27-20(26-13-9-16(15-26)14-18-4-1-2-10-23-18)6-3-5-19-24-21(25-28-19)17-7-11-22-12-8-17/h1-2,4,7-8,10-12,16H,3,5-6,9,13-15H2. The number of carbonyl (C=O) groups is 1. The number of likely N-dealkylation sites (tertiary alicyclic amines) is 1. The zero-order valence-corrected chi connectivity index (χ0v) is 15.7. The fraction of sp³-hybridized carbons (Fsp3) is 0.381. The van der Waals surface area contributed by atoms with Gasteiger partial charge in [0.15, 0.2) is 0 Å². The van der Waals surface area contributed by atoms with Crippen molar-refractivity contribution in [1.29, 1.82) is 0 Å². The van der Waals surface area contributed by atoms with E-state index in [0.717, 1.165) is 37.2 Å². The molecule has 3 aromatic heterocycles. The lowest BCUT2D eigenvalue weighted by Gasteiger charge is -2.16. The lowest BCUT2D eigenvalue weighted by atomic mass is 10.0. The van der Waals surface area contributed by atoms with E-state index >= 15 is 0 Å². The number of hydrogen-bond donors (Lipinski definition) is 0. The minimum Gasteiger partial charge on any atom is -0.342 e. The monoisotopic (exact) mass is 377 g/mol. The average Bonchev–Trinajstić information content (AvgIpc) is 3.39. The van der Waals surface area contributed by atoms with Crippen LogP contribution in [0.5, 0.6) is 0 Å². The van der Waals surface area contributed by atoms with Crippen molar-refractivity contribution in [2.75, 3.05) is 13.1 Å². The summed E-state index contributed by atoms with van der Waals surface area (Å²) in [5.74, 6) is 1.82. The molecule has 4 rings (SSSR count). The third kappa shape index (κ3) is 4.60. The van der Waals surface area contributed by atoms with E-state index in [-0.39, 0.29) is 5.91 Å². The molecule has 3 aromatic rings. The molecule has 1 atom stereocenters. The highest BCUT2D eigenvalue weighted by molar-refractivity contribution is 5.76. The second kappa shape index (κ2) is 8.73. The van der Waals surface area contributed by atoms with E-state index in [1.54, 1.807) is 12.4 Å². The van der Waals surface area contributed by atoms with E-state index in [9.17, 15) is 4.79 Å². The van der Waals surface area contributed by atoms with Crippen LogP contribution >= 0.6 is 0 Å². The summed E-state index contributed by atoms with van der Waals surface area (Å²) in [5, 5.41) is 4.00. The van der Waals surface area contributed by atoms with Gasteiger partial charge in [-0.1, -0.05) is 11.2 Å².